The zero-order valence-electron chi connectivity index (χ0n) is 20.4. The minimum Gasteiger partial charge on any atom is -0.371 e. The SMILES string of the molecule is [C-]#[N+]CCOP(C)OC1[C@@H](CC)O[C@@H](n2cnc3c(NC(=O)c4ccccc4)ncnc32)[C@H]1OCC. The van der Waals surface area contributed by atoms with Crippen LogP contribution >= 0.6 is 8.38 Å². The molecule has 0 aliphatic carbocycles. The van der Waals surface area contributed by atoms with Crippen LogP contribution in [0.4, 0.5) is 5.82 Å². The third kappa shape index (κ3) is 5.69. The van der Waals surface area contributed by atoms with Crippen molar-refractivity contribution in [3.8, 4) is 0 Å². The maximum Gasteiger partial charge on any atom is 0.256 e. The molecular formula is C24H29N6O5P. The lowest BCUT2D eigenvalue weighted by Crippen LogP contribution is -2.35. The molecule has 3 heterocycles. The topological polar surface area (TPSA) is 114 Å². The van der Waals surface area contributed by atoms with Crippen molar-refractivity contribution in [1.82, 2.24) is 19.5 Å². The van der Waals surface area contributed by atoms with Crippen LogP contribution in [0.15, 0.2) is 43.0 Å². The number of hydrogen-bond acceptors (Lipinski definition) is 8. The number of imidazole rings is 1. The van der Waals surface area contributed by atoms with Crippen molar-refractivity contribution >= 4 is 31.3 Å². The lowest BCUT2D eigenvalue weighted by Gasteiger charge is -2.26. The highest BCUT2D eigenvalue weighted by atomic mass is 31.2. The number of carbonyl (C=O) groups is 1. The van der Waals surface area contributed by atoms with E-state index in [1.165, 1.54) is 6.33 Å². The molecule has 1 fully saturated rings. The van der Waals surface area contributed by atoms with Crippen LogP contribution in [-0.2, 0) is 18.5 Å². The van der Waals surface area contributed by atoms with Gasteiger partial charge in [0, 0.05) is 18.8 Å². The van der Waals surface area contributed by atoms with E-state index in [4.69, 9.17) is 25.1 Å². The predicted octanol–water partition coefficient (Wildman–Crippen LogP) is 4.05. The molecule has 12 heteroatoms. The standard InChI is InChI=1S/C24H29N6O5P/c1-5-17-19(35-36(4)33-13-12-25-3)20(32-6-2)24(34-17)30-15-28-18-21(26-14-27-22(18)30)29-23(31)16-10-8-7-9-11-16/h7-11,14-15,17,19-20,24H,5-6,12-13H2,1-2,4H3,(H,26,27,29,31)/t17-,19?,20+,24-,36?/m1/s1. The van der Waals surface area contributed by atoms with Crippen LogP contribution in [0.2, 0.25) is 0 Å². The number of nitrogens with one attached hydrogen (secondary N) is 1. The summed E-state index contributed by atoms with van der Waals surface area (Å²) in [5.41, 5.74) is 1.46. The molecule has 2 aromatic heterocycles. The second kappa shape index (κ2) is 12.3. The maximum absolute atomic E-state index is 12.7. The van der Waals surface area contributed by atoms with E-state index >= 15 is 0 Å². The van der Waals surface area contributed by atoms with Crippen molar-refractivity contribution in [1.29, 1.82) is 0 Å². The molecule has 2 unspecified atom stereocenters. The zero-order chi connectivity index (χ0) is 25.5. The molecule has 0 bridgehead atoms. The van der Waals surface area contributed by atoms with Gasteiger partial charge in [0.2, 0.25) is 6.54 Å². The molecule has 3 aromatic rings. The molecule has 1 aliphatic heterocycles. The summed E-state index contributed by atoms with van der Waals surface area (Å²) in [7, 11) is -1.22. The van der Waals surface area contributed by atoms with Crippen LogP contribution in [0.25, 0.3) is 16.0 Å². The van der Waals surface area contributed by atoms with Gasteiger partial charge < -0.3 is 28.7 Å². The number of ether oxygens (including phenoxy) is 2. The summed E-state index contributed by atoms with van der Waals surface area (Å²) in [6, 6.07) is 8.89. The summed E-state index contributed by atoms with van der Waals surface area (Å²) >= 11 is 0. The predicted molar refractivity (Wildman–Crippen MR) is 134 cm³/mol. The average molecular weight is 513 g/mol. The fourth-order valence-electron chi connectivity index (χ4n) is 4.07. The van der Waals surface area contributed by atoms with Crippen molar-refractivity contribution in [2.24, 2.45) is 0 Å². The highest BCUT2D eigenvalue weighted by Crippen LogP contribution is 2.44. The van der Waals surface area contributed by atoms with Crippen molar-refractivity contribution in [3.05, 3.63) is 60.0 Å². The molecule has 5 atom stereocenters. The smallest absolute Gasteiger partial charge is 0.256 e. The molecule has 1 N–H and O–H groups in total. The molecule has 1 saturated heterocycles. The first-order valence-corrected chi connectivity index (χ1v) is 13.4. The van der Waals surface area contributed by atoms with E-state index in [-0.39, 0.29) is 24.7 Å². The first kappa shape index (κ1) is 26.1. The van der Waals surface area contributed by atoms with Gasteiger partial charge in [-0.15, -0.1) is 0 Å². The molecule has 0 radical (unpaired) electrons. The number of anilines is 1. The first-order valence-electron chi connectivity index (χ1n) is 11.7. The van der Waals surface area contributed by atoms with Crippen molar-refractivity contribution in [2.45, 2.75) is 44.8 Å². The van der Waals surface area contributed by atoms with Gasteiger partial charge in [0.1, 0.15) is 25.1 Å². The number of amides is 1. The van der Waals surface area contributed by atoms with E-state index in [0.29, 0.717) is 42.2 Å². The molecular weight excluding hydrogens is 483 g/mol. The molecule has 1 amide bonds. The molecule has 1 aliphatic rings. The number of nitrogens with zero attached hydrogens (tertiary/aromatic N) is 5. The number of fused-ring (bicyclic) bond motifs is 1. The van der Waals surface area contributed by atoms with Gasteiger partial charge in [0.05, 0.1) is 12.4 Å². The Labute approximate surface area is 210 Å². The maximum atomic E-state index is 12.7. The minimum absolute atomic E-state index is 0.238. The molecule has 0 spiro atoms. The fourth-order valence-corrected chi connectivity index (χ4v) is 5.07. The van der Waals surface area contributed by atoms with Crippen molar-refractivity contribution in [2.75, 3.05) is 31.7 Å². The van der Waals surface area contributed by atoms with Crippen LogP contribution in [0.1, 0.15) is 36.9 Å². The van der Waals surface area contributed by atoms with E-state index in [1.54, 1.807) is 35.2 Å². The number of aromatic nitrogens is 4. The molecule has 0 saturated carbocycles. The lowest BCUT2D eigenvalue weighted by molar-refractivity contribution is -0.0620. The number of carbonyl (C=O) groups excluding carboxylic acids is 1. The molecule has 1 aromatic carbocycles. The van der Waals surface area contributed by atoms with Crippen molar-refractivity contribution in [3.63, 3.8) is 0 Å². The summed E-state index contributed by atoms with van der Waals surface area (Å²) < 4.78 is 26.2. The monoisotopic (exact) mass is 512 g/mol. The average Bonchev–Trinajstić information content (AvgIpc) is 3.47. The Hall–Kier alpha value is -3.00. The van der Waals surface area contributed by atoms with Gasteiger partial charge in [-0.25, -0.2) is 21.5 Å². The van der Waals surface area contributed by atoms with Gasteiger partial charge in [0.15, 0.2) is 31.6 Å². The highest BCUT2D eigenvalue weighted by molar-refractivity contribution is 7.46. The van der Waals surface area contributed by atoms with E-state index in [2.05, 4.69) is 25.1 Å². The Balaban J connectivity index is 1.59. The molecule has 4 rings (SSSR count). The Morgan fingerprint density at radius 2 is 2.03 bits per heavy atom. The zero-order valence-corrected chi connectivity index (χ0v) is 21.3. The number of benzene rings is 1. The van der Waals surface area contributed by atoms with Crippen LogP contribution in [0.5, 0.6) is 0 Å². The van der Waals surface area contributed by atoms with Crippen LogP contribution < -0.4 is 5.32 Å². The summed E-state index contributed by atoms with van der Waals surface area (Å²) in [6.07, 6.45) is 2.10. The van der Waals surface area contributed by atoms with Crippen LogP contribution in [0.3, 0.4) is 0 Å². The molecule has 36 heavy (non-hydrogen) atoms. The largest absolute Gasteiger partial charge is 0.371 e. The highest BCUT2D eigenvalue weighted by Gasteiger charge is 2.48. The summed E-state index contributed by atoms with van der Waals surface area (Å²) in [5.74, 6) is 0.0205. The summed E-state index contributed by atoms with van der Waals surface area (Å²) in [5, 5.41) is 2.82. The van der Waals surface area contributed by atoms with Gasteiger partial charge >= 0.3 is 0 Å². The van der Waals surface area contributed by atoms with E-state index in [1.807, 2.05) is 26.6 Å². The van der Waals surface area contributed by atoms with Gasteiger partial charge in [-0.2, -0.15) is 0 Å². The minimum atomic E-state index is -1.22. The van der Waals surface area contributed by atoms with E-state index in [9.17, 15) is 4.79 Å². The van der Waals surface area contributed by atoms with Gasteiger partial charge in [-0.05, 0) is 25.5 Å². The number of rotatable bonds is 11. The van der Waals surface area contributed by atoms with Crippen molar-refractivity contribution < 1.29 is 23.3 Å². The first-order chi connectivity index (χ1) is 17.6. The fraction of sp³-hybridized carbons (Fsp3) is 0.458. The Morgan fingerprint density at radius 1 is 1.22 bits per heavy atom. The molecule has 190 valence electrons. The Kier molecular flexibility index (Phi) is 8.91. The van der Waals surface area contributed by atoms with Crippen LogP contribution in [0, 0.1) is 6.57 Å². The van der Waals surface area contributed by atoms with Gasteiger partial charge in [0.25, 0.3) is 5.91 Å². The second-order valence-electron chi connectivity index (χ2n) is 7.98. The number of hydrogen-bond donors (Lipinski definition) is 1. The third-order valence-electron chi connectivity index (χ3n) is 5.69. The third-order valence-corrected chi connectivity index (χ3v) is 6.78. The summed E-state index contributed by atoms with van der Waals surface area (Å²) in [6.45, 7) is 13.8. The second-order valence-corrected chi connectivity index (χ2v) is 9.33. The normalized spacial score (nSPS) is 22.4. The summed E-state index contributed by atoms with van der Waals surface area (Å²) in [4.78, 5) is 29.1. The van der Waals surface area contributed by atoms with E-state index < -0.39 is 20.7 Å². The quantitative estimate of drug-likeness (QED) is 0.233. The Morgan fingerprint density at radius 3 is 2.75 bits per heavy atom. The van der Waals surface area contributed by atoms with Gasteiger partial charge in [-0.3, -0.25) is 9.36 Å². The van der Waals surface area contributed by atoms with Gasteiger partial charge in [-0.1, -0.05) is 25.1 Å². The van der Waals surface area contributed by atoms with E-state index in [0.717, 1.165) is 0 Å². The Bertz CT molecular complexity index is 1200. The molecule has 11 nitrogen and oxygen atoms in total. The van der Waals surface area contributed by atoms with Crippen LogP contribution in [-0.4, -0.2) is 70.2 Å². The lowest BCUT2D eigenvalue weighted by atomic mass is 10.1.